The first-order chi connectivity index (χ1) is 9.83. The summed E-state index contributed by atoms with van der Waals surface area (Å²) >= 11 is 5.77. The average molecular weight is 330 g/mol. The number of aliphatic hydroxyl groups is 1. The highest BCUT2D eigenvalue weighted by molar-refractivity contribution is 7.92. The molecule has 2 N–H and O–H groups in total. The summed E-state index contributed by atoms with van der Waals surface area (Å²) in [5.74, 6) is -1.01. The largest absolute Gasteiger partial charge is 0.392 e. The summed E-state index contributed by atoms with van der Waals surface area (Å²) in [5, 5.41) is 9.08. The van der Waals surface area contributed by atoms with Crippen molar-refractivity contribution in [2.24, 2.45) is 0 Å². The van der Waals surface area contributed by atoms with E-state index in [-0.39, 0.29) is 10.6 Å². The molecule has 0 fully saturated rings. The fraction of sp³-hybridized carbons (Fsp3) is 0.143. The van der Waals surface area contributed by atoms with E-state index < -0.39 is 27.3 Å². The predicted molar refractivity (Wildman–Crippen MR) is 79.3 cm³/mol. The van der Waals surface area contributed by atoms with Gasteiger partial charge in [0, 0.05) is 16.3 Å². The van der Waals surface area contributed by atoms with E-state index in [1.807, 2.05) is 13.0 Å². The van der Waals surface area contributed by atoms with Gasteiger partial charge in [0.15, 0.2) is 0 Å². The maximum Gasteiger partial charge on any atom is 0.264 e. The van der Waals surface area contributed by atoms with E-state index in [2.05, 4.69) is 4.72 Å². The normalized spacial score (nSPS) is 11.4. The fourth-order valence-electron chi connectivity index (χ4n) is 1.85. The molecule has 0 radical (unpaired) electrons. The highest BCUT2D eigenvalue weighted by atomic mass is 35.5. The molecular formula is C14H13ClFNO3S. The SMILES string of the molecule is Cc1cccc(NS(=O)(=O)c2cc(Cl)cc(CO)c2F)c1. The van der Waals surface area contributed by atoms with E-state index in [0.717, 1.165) is 11.6 Å². The molecule has 0 saturated heterocycles. The van der Waals surface area contributed by atoms with Crippen molar-refractivity contribution in [2.75, 3.05) is 4.72 Å². The Balaban J connectivity index is 2.47. The molecule has 0 saturated carbocycles. The lowest BCUT2D eigenvalue weighted by atomic mass is 10.2. The number of benzene rings is 2. The van der Waals surface area contributed by atoms with Crippen LogP contribution in [0.3, 0.4) is 0 Å². The van der Waals surface area contributed by atoms with E-state index in [1.54, 1.807) is 18.2 Å². The summed E-state index contributed by atoms with van der Waals surface area (Å²) in [6.45, 7) is 1.17. The molecule has 0 amide bonds. The zero-order chi connectivity index (χ0) is 15.6. The van der Waals surface area contributed by atoms with Gasteiger partial charge in [-0.15, -0.1) is 0 Å². The van der Waals surface area contributed by atoms with Crippen LogP contribution in [-0.2, 0) is 16.6 Å². The zero-order valence-electron chi connectivity index (χ0n) is 11.1. The van der Waals surface area contributed by atoms with Gasteiger partial charge in [-0.2, -0.15) is 0 Å². The third-order valence-electron chi connectivity index (χ3n) is 2.81. The quantitative estimate of drug-likeness (QED) is 0.906. The van der Waals surface area contributed by atoms with Crippen LogP contribution in [0.1, 0.15) is 11.1 Å². The first-order valence-corrected chi connectivity index (χ1v) is 7.88. The van der Waals surface area contributed by atoms with Gasteiger partial charge >= 0.3 is 0 Å². The molecule has 7 heteroatoms. The molecule has 0 aliphatic heterocycles. The molecule has 0 unspecified atom stereocenters. The van der Waals surface area contributed by atoms with Crippen molar-refractivity contribution < 1.29 is 17.9 Å². The van der Waals surface area contributed by atoms with Gasteiger partial charge in [-0.1, -0.05) is 23.7 Å². The number of hydrogen-bond donors (Lipinski definition) is 2. The summed E-state index contributed by atoms with van der Waals surface area (Å²) in [6, 6.07) is 8.85. The Hall–Kier alpha value is -1.63. The molecule has 2 aromatic rings. The van der Waals surface area contributed by atoms with Crippen LogP contribution in [0.5, 0.6) is 0 Å². The van der Waals surface area contributed by atoms with Crippen molar-refractivity contribution in [2.45, 2.75) is 18.4 Å². The Bertz CT molecular complexity index is 778. The predicted octanol–water partition coefficient (Wildman–Crippen LogP) is 3.08. The molecule has 0 spiro atoms. The first-order valence-electron chi connectivity index (χ1n) is 6.02. The van der Waals surface area contributed by atoms with Gasteiger partial charge in [-0.3, -0.25) is 4.72 Å². The number of aryl methyl sites for hydroxylation is 1. The summed E-state index contributed by atoms with van der Waals surface area (Å²) in [5.41, 5.74) is 1.00. The summed E-state index contributed by atoms with van der Waals surface area (Å²) in [6.07, 6.45) is 0. The van der Waals surface area contributed by atoms with E-state index >= 15 is 0 Å². The summed E-state index contributed by atoms with van der Waals surface area (Å²) in [4.78, 5) is -0.597. The van der Waals surface area contributed by atoms with Gasteiger partial charge in [0.05, 0.1) is 6.61 Å². The average Bonchev–Trinajstić information content (AvgIpc) is 2.40. The Kier molecular flexibility index (Phi) is 4.51. The van der Waals surface area contributed by atoms with Crippen LogP contribution in [0.25, 0.3) is 0 Å². The summed E-state index contributed by atoms with van der Waals surface area (Å²) < 4.78 is 40.9. The van der Waals surface area contributed by atoms with Gasteiger partial charge in [-0.25, -0.2) is 12.8 Å². The topological polar surface area (TPSA) is 66.4 Å². The molecule has 4 nitrogen and oxygen atoms in total. The van der Waals surface area contributed by atoms with Crippen molar-refractivity contribution in [3.05, 3.63) is 58.4 Å². The first kappa shape index (κ1) is 15.8. The second-order valence-corrected chi connectivity index (χ2v) is 6.60. The van der Waals surface area contributed by atoms with Gasteiger partial charge in [-0.05, 0) is 36.8 Å². The van der Waals surface area contributed by atoms with Crippen molar-refractivity contribution in [3.63, 3.8) is 0 Å². The van der Waals surface area contributed by atoms with Crippen molar-refractivity contribution in [1.29, 1.82) is 0 Å². The van der Waals surface area contributed by atoms with Crippen LogP contribution >= 0.6 is 11.6 Å². The maximum absolute atomic E-state index is 14.1. The minimum atomic E-state index is -4.14. The van der Waals surface area contributed by atoms with Crippen molar-refractivity contribution in [1.82, 2.24) is 0 Å². The highest BCUT2D eigenvalue weighted by Gasteiger charge is 2.22. The lowest BCUT2D eigenvalue weighted by Gasteiger charge is -2.11. The molecule has 2 aromatic carbocycles. The van der Waals surface area contributed by atoms with E-state index in [0.29, 0.717) is 5.69 Å². The van der Waals surface area contributed by atoms with E-state index in [4.69, 9.17) is 16.7 Å². The molecular weight excluding hydrogens is 317 g/mol. The Morgan fingerprint density at radius 2 is 2.00 bits per heavy atom. The number of aliphatic hydroxyl groups excluding tert-OH is 1. The monoisotopic (exact) mass is 329 g/mol. The number of hydrogen-bond acceptors (Lipinski definition) is 3. The lowest BCUT2D eigenvalue weighted by molar-refractivity contribution is 0.274. The van der Waals surface area contributed by atoms with Crippen LogP contribution in [-0.4, -0.2) is 13.5 Å². The number of sulfonamides is 1. The number of anilines is 1. The molecule has 0 heterocycles. The lowest BCUT2D eigenvalue weighted by Crippen LogP contribution is -2.15. The van der Waals surface area contributed by atoms with E-state index in [9.17, 15) is 12.8 Å². The number of halogens is 2. The van der Waals surface area contributed by atoms with Crippen LogP contribution in [0.4, 0.5) is 10.1 Å². The Labute approximate surface area is 127 Å². The van der Waals surface area contributed by atoms with Crippen LogP contribution in [0, 0.1) is 12.7 Å². The van der Waals surface area contributed by atoms with Gasteiger partial charge in [0.1, 0.15) is 10.7 Å². The molecule has 2 rings (SSSR count). The Morgan fingerprint density at radius 1 is 1.29 bits per heavy atom. The standard InChI is InChI=1S/C14H13ClFNO3S/c1-9-3-2-4-12(5-9)17-21(19,20)13-7-11(15)6-10(8-18)14(13)16/h2-7,17-18H,8H2,1H3. The van der Waals surface area contributed by atoms with Crippen LogP contribution < -0.4 is 4.72 Å². The smallest absolute Gasteiger partial charge is 0.264 e. The third-order valence-corrected chi connectivity index (χ3v) is 4.41. The van der Waals surface area contributed by atoms with Gasteiger partial charge in [0.2, 0.25) is 0 Å². The van der Waals surface area contributed by atoms with Gasteiger partial charge in [0.25, 0.3) is 10.0 Å². The molecule has 0 bridgehead atoms. The second-order valence-electron chi connectivity index (χ2n) is 4.51. The summed E-state index contributed by atoms with van der Waals surface area (Å²) in [7, 11) is -4.14. The van der Waals surface area contributed by atoms with Crippen molar-refractivity contribution >= 4 is 27.3 Å². The molecule has 0 atom stereocenters. The minimum Gasteiger partial charge on any atom is -0.392 e. The molecule has 0 aliphatic rings. The minimum absolute atomic E-state index is 0.0325. The number of nitrogens with one attached hydrogen (secondary N) is 1. The molecule has 21 heavy (non-hydrogen) atoms. The second kappa shape index (κ2) is 6.01. The zero-order valence-corrected chi connectivity index (χ0v) is 12.7. The van der Waals surface area contributed by atoms with Gasteiger partial charge < -0.3 is 5.11 Å². The third kappa shape index (κ3) is 3.53. The van der Waals surface area contributed by atoms with Crippen LogP contribution in [0.2, 0.25) is 5.02 Å². The fourth-order valence-corrected chi connectivity index (χ4v) is 3.35. The molecule has 112 valence electrons. The number of rotatable bonds is 4. The van der Waals surface area contributed by atoms with E-state index in [1.165, 1.54) is 6.07 Å². The van der Waals surface area contributed by atoms with Crippen LogP contribution in [0.15, 0.2) is 41.3 Å². The van der Waals surface area contributed by atoms with Crippen molar-refractivity contribution in [3.8, 4) is 0 Å². The Morgan fingerprint density at radius 3 is 2.62 bits per heavy atom. The molecule has 0 aromatic heterocycles. The highest BCUT2D eigenvalue weighted by Crippen LogP contribution is 2.26. The maximum atomic E-state index is 14.1. The molecule has 0 aliphatic carbocycles.